The third kappa shape index (κ3) is 1.90. The molecule has 2 heterocycles. The van der Waals surface area contributed by atoms with Crippen LogP contribution in [0.3, 0.4) is 0 Å². The Labute approximate surface area is 116 Å². The number of thiophene rings is 1. The van der Waals surface area contributed by atoms with Gasteiger partial charge in [0.05, 0.1) is 10.6 Å². The zero-order chi connectivity index (χ0) is 13.4. The predicted molar refractivity (Wildman–Crippen MR) is 81.1 cm³/mol. The van der Waals surface area contributed by atoms with Crippen LogP contribution in [0.25, 0.3) is 21.5 Å². The van der Waals surface area contributed by atoms with Gasteiger partial charge in [0.2, 0.25) is 0 Å². The number of aromatic amines is 1. The van der Waals surface area contributed by atoms with E-state index in [1.807, 2.05) is 12.1 Å². The van der Waals surface area contributed by atoms with Crippen molar-refractivity contribution >= 4 is 28.5 Å². The molecule has 0 amide bonds. The van der Waals surface area contributed by atoms with Crippen LogP contribution in [0, 0.1) is 6.92 Å². The smallest absolute Gasteiger partial charge is 0.152 e. The van der Waals surface area contributed by atoms with E-state index < -0.39 is 0 Å². The lowest BCUT2D eigenvalue weighted by atomic mass is 10.1. The molecule has 0 fully saturated rings. The molecule has 96 valence electrons. The van der Waals surface area contributed by atoms with Crippen LogP contribution in [0.1, 0.15) is 27.7 Å². The summed E-state index contributed by atoms with van der Waals surface area (Å²) in [5, 5.41) is 1.01. The summed E-state index contributed by atoms with van der Waals surface area (Å²) in [5.74, 6) is 0. The molecule has 1 N–H and O–H groups in total. The predicted octanol–water partition coefficient (Wildman–Crippen LogP) is 4.58. The molecule has 0 aliphatic heterocycles. The van der Waals surface area contributed by atoms with Crippen molar-refractivity contribution in [3.8, 4) is 10.6 Å². The largest absolute Gasteiger partial charge is 0.353 e. The van der Waals surface area contributed by atoms with Crippen LogP contribution in [0.2, 0.25) is 0 Å². The van der Waals surface area contributed by atoms with Gasteiger partial charge in [-0.25, -0.2) is 0 Å². The molecule has 0 bridgehead atoms. The van der Waals surface area contributed by atoms with Crippen molar-refractivity contribution in [3.05, 3.63) is 46.3 Å². The van der Waals surface area contributed by atoms with Crippen molar-refractivity contribution in [1.29, 1.82) is 0 Å². The first-order chi connectivity index (χ1) is 9.24. The van der Waals surface area contributed by atoms with E-state index in [9.17, 15) is 4.79 Å². The Kier molecular flexibility index (Phi) is 2.99. The molecule has 0 aliphatic carbocycles. The Morgan fingerprint density at radius 2 is 2.11 bits per heavy atom. The van der Waals surface area contributed by atoms with Gasteiger partial charge in [-0.15, -0.1) is 11.3 Å². The first kappa shape index (κ1) is 12.2. The first-order valence-corrected chi connectivity index (χ1v) is 7.21. The number of carbonyl (C=O) groups excluding carboxylic acids is 1. The number of aromatic nitrogens is 1. The van der Waals surface area contributed by atoms with Crippen molar-refractivity contribution in [2.24, 2.45) is 0 Å². The number of H-pyrrole nitrogens is 1. The Hall–Kier alpha value is -1.87. The van der Waals surface area contributed by atoms with Crippen LogP contribution in [0.15, 0.2) is 30.3 Å². The second kappa shape index (κ2) is 4.67. The zero-order valence-electron chi connectivity index (χ0n) is 11.0. The van der Waals surface area contributed by atoms with Crippen molar-refractivity contribution in [1.82, 2.24) is 4.98 Å². The van der Waals surface area contributed by atoms with Crippen LogP contribution in [-0.4, -0.2) is 11.3 Å². The summed E-state index contributed by atoms with van der Waals surface area (Å²) < 4.78 is 0. The van der Waals surface area contributed by atoms with Gasteiger partial charge < -0.3 is 4.98 Å². The fourth-order valence-corrected chi connectivity index (χ4v) is 3.37. The Morgan fingerprint density at radius 3 is 2.79 bits per heavy atom. The van der Waals surface area contributed by atoms with Gasteiger partial charge in [-0.1, -0.05) is 25.1 Å². The van der Waals surface area contributed by atoms with Gasteiger partial charge in [0.15, 0.2) is 6.29 Å². The van der Waals surface area contributed by atoms with Gasteiger partial charge >= 0.3 is 0 Å². The maximum atomic E-state index is 11.4. The number of aldehydes is 1. The molecule has 2 aromatic heterocycles. The van der Waals surface area contributed by atoms with Crippen molar-refractivity contribution in [3.63, 3.8) is 0 Å². The lowest BCUT2D eigenvalue weighted by Gasteiger charge is -1.94. The van der Waals surface area contributed by atoms with Crippen molar-refractivity contribution < 1.29 is 4.79 Å². The van der Waals surface area contributed by atoms with E-state index in [4.69, 9.17) is 0 Å². The molecule has 0 radical (unpaired) electrons. The highest BCUT2D eigenvalue weighted by atomic mass is 32.1. The molecule has 0 saturated carbocycles. The second-order valence-corrected chi connectivity index (χ2v) is 5.82. The normalized spacial score (nSPS) is 11.1. The Morgan fingerprint density at radius 1 is 1.26 bits per heavy atom. The van der Waals surface area contributed by atoms with Gasteiger partial charge in [-0.2, -0.15) is 0 Å². The van der Waals surface area contributed by atoms with Crippen LogP contribution in [-0.2, 0) is 6.42 Å². The monoisotopic (exact) mass is 269 g/mol. The van der Waals surface area contributed by atoms with Gasteiger partial charge in [0.1, 0.15) is 0 Å². The first-order valence-electron chi connectivity index (χ1n) is 6.40. The molecule has 2 nitrogen and oxygen atoms in total. The molecule has 0 saturated heterocycles. The minimum absolute atomic E-state index is 0.767. The Bertz CT molecular complexity index is 751. The molecule has 3 aromatic rings. The number of carbonyl (C=O) groups is 1. The van der Waals surface area contributed by atoms with Gasteiger partial charge in [0, 0.05) is 21.3 Å². The highest BCUT2D eigenvalue weighted by molar-refractivity contribution is 7.15. The van der Waals surface area contributed by atoms with E-state index in [1.54, 1.807) is 11.3 Å². The van der Waals surface area contributed by atoms with E-state index in [-0.39, 0.29) is 0 Å². The third-order valence-corrected chi connectivity index (χ3v) is 4.70. The summed E-state index contributed by atoms with van der Waals surface area (Å²) >= 11 is 1.75. The molecular weight excluding hydrogens is 254 g/mol. The number of aryl methyl sites for hydroxylation is 2. The minimum Gasteiger partial charge on any atom is -0.353 e. The second-order valence-electron chi connectivity index (χ2n) is 4.65. The average molecular weight is 269 g/mol. The van der Waals surface area contributed by atoms with E-state index >= 15 is 0 Å². The number of rotatable bonds is 3. The minimum atomic E-state index is 0.767. The quantitative estimate of drug-likeness (QED) is 0.694. The molecule has 1 aromatic carbocycles. The number of para-hydroxylation sites is 1. The van der Waals surface area contributed by atoms with E-state index in [2.05, 4.69) is 37.0 Å². The molecule has 0 atom stereocenters. The third-order valence-electron chi connectivity index (χ3n) is 3.46. The lowest BCUT2D eigenvalue weighted by molar-refractivity contribution is 0.112. The SMILES string of the molecule is CCc1ccc(-c2[nH]c3c(C)cccc3c2C=O)s1. The molecule has 3 heteroatoms. The van der Waals surface area contributed by atoms with Crippen molar-refractivity contribution in [2.45, 2.75) is 20.3 Å². The lowest BCUT2D eigenvalue weighted by Crippen LogP contribution is -1.80. The number of fused-ring (bicyclic) bond motifs is 1. The van der Waals surface area contributed by atoms with E-state index in [0.29, 0.717) is 0 Å². The van der Waals surface area contributed by atoms with Crippen molar-refractivity contribution in [2.75, 3.05) is 0 Å². The molecule has 19 heavy (non-hydrogen) atoms. The van der Waals surface area contributed by atoms with Crippen LogP contribution >= 0.6 is 11.3 Å². The summed E-state index contributed by atoms with van der Waals surface area (Å²) in [7, 11) is 0. The summed E-state index contributed by atoms with van der Waals surface area (Å²) in [6.07, 6.45) is 1.99. The van der Waals surface area contributed by atoms with Crippen LogP contribution in [0.4, 0.5) is 0 Å². The fraction of sp³-hybridized carbons (Fsp3) is 0.188. The highest BCUT2D eigenvalue weighted by Crippen LogP contribution is 2.34. The fourth-order valence-electron chi connectivity index (χ4n) is 2.40. The summed E-state index contributed by atoms with van der Waals surface area (Å²) in [6.45, 7) is 4.20. The summed E-state index contributed by atoms with van der Waals surface area (Å²) in [6, 6.07) is 10.3. The topological polar surface area (TPSA) is 32.9 Å². The maximum Gasteiger partial charge on any atom is 0.152 e. The summed E-state index contributed by atoms with van der Waals surface area (Å²) in [4.78, 5) is 17.3. The standard InChI is InChI=1S/C16H15NOS/c1-3-11-7-8-14(19-11)16-13(9-18)12-6-4-5-10(2)15(12)17-16/h4-9,17H,3H2,1-2H3. The molecule has 3 rings (SSSR count). The van der Waals surface area contributed by atoms with Gasteiger partial charge in [-0.05, 0) is 31.0 Å². The van der Waals surface area contributed by atoms with Gasteiger partial charge in [-0.3, -0.25) is 4.79 Å². The van der Waals surface area contributed by atoms with Crippen LogP contribution in [0.5, 0.6) is 0 Å². The highest BCUT2D eigenvalue weighted by Gasteiger charge is 2.14. The number of hydrogen-bond donors (Lipinski definition) is 1. The number of benzene rings is 1. The van der Waals surface area contributed by atoms with E-state index in [1.165, 1.54) is 10.4 Å². The Balaban J connectivity index is 2.28. The molecular formula is C16H15NOS. The molecule has 0 spiro atoms. The number of nitrogens with one attached hydrogen (secondary N) is 1. The average Bonchev–Trinajstić information content (AvgIpc) is 3.02. The van der Waals surface area contributed by atoms with E-state index in [0.717, 1.165) is 39.7 Å². The summed E-state index contributed by atoms with van der Waals surface area (Å²) in [5.41, 5.74) is 3.94. The number of hydrogen-bond acceptors (Lipinski definition) is 2. The van der Waals surface area contributed by atoms with Crippen LogP contribution < -0.4 is 0 Å². The van der Waals surface area contributed by atoms with Gasteiger partial charge in [0.25, 0.3) is 0 Å². The zero-order valence-corrected chi connectivity index (χ0v) is 11.8. The molecule has 0 unspecified atom stereocenters. The maximum absolute atomic E-state index is 11.4. The molecule has 0 aliphatic rings.